The summed E-state index contributed by atoms with van der Waals surface area (Å²) < 4.78 is 75.4. The third-order valence-electron chi connectivity index (χ3n) is 4.69. The summed E-state index contributed by atoms with van der Waals surface area (Å²) in [5.74, 6) is -0.793. The highest BCUT2D eigenvalue weighted by Gasteiger charge is 2.40. The van der Waals surface area contributed by atoms with Crippen molar-refractivity contribution in [3.05, 3.63) is 65.5 Å². The van der Waals surface area contributed by atoms with Gasteiger partial charge in [-0.05, 0) is 48.4 Å². The molecule has 0 aromatic heterocycles. The first kappa shape index (κ1) is 20.3. The molecule has 1 heterocycles. The molecule has 0 radical (unpaired) electrons. The van der Waals surface area contributed by atoms with E-state index in [1.807, 2.05) is 0 Å². The molecule has 9 heteroatoms. The van der Waals surface area contributed by atoms with Crippen molar-refractivity contribution in [2.24, 2.45) is 0 Å². The largest absolute Gasteiger partial charge is 0.416 e. The van der Waals surface area contributed by atoms with Crippen LogP contribution in [0.4, 0.5) is 17.6 Å². The number of hydrogen-bond donors (Lipinski definition) is 0. The molecule has 2 aromatic carbocycles. The molecule has 0 atom stereocenters. The molecular weight excluding hydrogens is 398 g/mol. The minimum Gasteiger partial charge on any atom is -0.340 e. The molecule has 1 aliphatic rings. The number of rotatable bonds is 5. The maximum Gasteiger partial charge on any atom is 0.416 e. The van der Waals surface area contributed by atoms with Crippen LogP contribution in [0, 0.1) is 5.82 Å². The van der Waals surface area contributed by atoms with E-state index in [1.54, 1.807) is 0 Å². The van der Waals surface area contributed by atoms with Crippen molar-refractivity contribution in [3.8, 4) is 0 Å². The van der Waals surface area contributed by atoms with Crippen LogP contribution < -0.4 is 0 Å². The summed E-state index contributed by atoms with van der Waals surface area (Å²) in [5.41, 5.74) is -0.156. The second-order valence-corrected chi connectivity index (χ2v) is 8.84. The average Bonchev–Trinajstić information content (AvgIpc) is 2.58. The van der Waals surface area contributed by atoms with Gasteiger partial charge in [0.2, 0.25) is 5.91 Å². The van der Waals surface area contributed by atoms with Gasteiger partial charge in [-0.15, -0.1) is 0 Å². The van der Waals surface area contributed by atoms with E-state index in [9.17, 15) is 30.8 Å². The van der Waals surface area contributed by atoms with Crippen LogP contribution in [0.25, 0.3) is 0 Å². The Hall–Kier alpha value is -2.42. The van der Waals surface area contributed by atoms with Crippen molar-refractivity contribution in [2.75, 3.05) is 13.1 Å². The lowest BCUT2D eigenvalue weighted by atomic mass is 10.1. The summed E-state index contributed by atoms with van der Waals surface area (Å²) in [7, 11) is -3.64. The number of benzene rings is 2. The van der Waals surface area contributed by atoms with Gasteiger partial charge >= 0.3 is 6.18 Å². The highest BCUT2D eigenvalue weighted by molar-refractivity contribution is 7.92. The highest BCUT2D eigenvalue weighted by atomic mass is 32.2. The number of hydrogen-bond acceptors (Lipinski definition) is 3. The summed E-state index contributed by atoms with van der Waals surface area (Å²) in [6, 6.07) is 9.11. The number of carbonyl (C=O) groups excluding carboxylic acids is 1. The van der Waals surface area contributed by atoms with Crippen molar-refractivity contribution in [1.29, 1.82) is 0 Å². The Morgan fingerprint density at radius 3 is 2.11 bits per heavy atom. The van der Waals surface area contributed by atoms with Crippen molar-refractivity contribution >= 4 is 15.7 Å². The molecule has 0 spiro atoms. The molecular formula is C19H17F4NO3S. The summed E-state index contributed by atoms with van der Waals surface area (Å²) >= 11 is 0. The zero-order chi connectivity index (χ0) is 20.5. The Morgan fingerprint density at radius 2 is 1.57 bits per heavy atom. The molecule has 0 N–H and O–H groups in total. The molecule has 1 aliphatic heterocycles. The second-order valence-electron chi connectivity index (χ2n) is 6.61. The molecule has 28 heavy (non-hydrogen) atoms. The number of sulfone groups is 1. The predicted octanol–water partition coefficient (Wildman–Crippen LogP) is 3.46. The summed E-state index contributed by atoms with van der Waals surface area (Å²) in [6.45, 7) is 0.0944. The van der Waals surface area contributed by atoms with Crippen LogP contribution in [-0.2, 0) is 27.2 Å². The van der Waals surface area contributed by atoms with Gasteiger partial charge in [-0.1, -0.05) is 12.1 Å². The van der Waals surface area contributed by atoms with E-state index >= 15 is 0 Å². The van der Waals surface area contributed by atoms with Gasteiger partial charge in [0.15, 0.2) is 9.84 Å². The number of likely N-dealkylation sites (tertiary alicyclic amines) is 1. The van der Waals surface area contributed by atoms with E-state index in [0.717, 1.165) is 24.3 Å². The predicted molar refractivity (Wildman–Crippen MR) is 93.7 cm³/mol. The van der Waals surface area contributed by atoms with Crippen LogP contribution in [0.15, 0.2) is 53.4 Å². The van der Waals surface area contributed by atoms with Gasteiger partial charge in [-0.25, -0.2) is 12.8 Å². The molecule has 0 unspecified atom stereocenters. The Kier molecular flexibility index (Phi) is 5.47. The Labute approximate surface area is 159 Å². The van der Waals surface area contributed by atoms with Gasteiger partial charge in [0, 0.05) is 19.5 Å². The van der Waals surface area contributed by atoms with Crippen LogP contribution in [0.5, 0.6) is 0 Å². The smallest absolute Gasteiger partial charge is 0.340 e. The number of nitrogens with zero attached hydrogens (tertiary/aromatic N) is 1. The van der Waals surface area contributed by atoms with E-state index in [0.29, 0.717) is 5.56 Å². The minimum absolute atomic E-state index is 0.00996. The zero-order valence-electron chi connectivity index (χ0n) is 14.6. The topological polar surface area (TPSA) is 54.5 Å². The maximum absolute atomic E-state index is 12.9. The van der Waals surface area contributed by atoms with Gasteiger partial charge < -0.3 is 4.90 Å². The van der Waals surface area contributed by atoms with Gasteiger partial charge in [-0.2, -0.15) is 13.2 Å². The van der Waals surface area contributed by atoms with Gasteiger partial charge in [-0.3, -0.25) is 4.79 Å². The quantitative estimate of drug-likeness (QED) is 0.555. The first-order chi connectivity index (χ1) is 13.1. The lowest BCUT2D eigenvalue weighted by Crippen LogP contribution is -2.56. The first-order valence-electron chi connectivity index (χ1n) is 8.51. The second kappa shape index (κ2) is 7.54. The molecule has 1 fully saturated rings. The number of amides is 1. The standard InChI is InChI=1S/C19H17F4NO3S/c20-15-6-8-16(9-7-15)28(26,27)17-11-24(12-17)18(25)10-3-13-1-4-14(5-2-13)19(21,22)23/h1-2,4-9,17H,3,10-12H2. The first-order valence-corrected chi connectivity index (χ1v) is 10.1. The fraction of sp³-hybridized carbons (Fsp3) is 0.316. The zero-order valence-corrected chi connectivity index (χ0v) is 15.4. The fourth-order valence-corrected chi connectivity index (χ4v) is 4.58. The molecule has 0 bridgehead atoms. The SMILES string of the molecule is O=C(CCc1ccc(C(F)(F)F)cc1)N1CC(S(=O)(=O)c2ccc(F)cc2)C1. The van der Waals surface area contributed by atoms with E-state index in [1.165, 1.54) is 29.2 Å². The maximum atomic E-state index is 12.9. The van der Waals surface area contributed by atoms with Gasteiger partial charge in [0.05, 0.1) is 10.5 Å². The Balaban J connectivity index is 1.52. The highest BCUT2D eigenvalue weighted by Crippen LogP contribution is 2.29. The van der Waals surface area contributed by atoms with Crippen molar-refractivity contribution in [1.82, 2.24) is 4.90 Å². The van der Waals surface area contributed by atoms with Crippen LogP contribution in [0.3, 0.4) is 0 Å². The van der Waals surface area contributed by atoms with Gasteiger partial charge in [0.25, 0.3) is 0 Å². The summed E-state index contributed by atoms with van der Waals surface area (Å²) in [4.78, 5) is 13.6. The number of aryl methyl sites for hydroxylation is 1. The molecule has 2 aromatic rings. The molecule has 0 aliphatic carbocycles. The normalized spacial score (nSPS) is 15.4. The van der Waals surface area contributed by atoms with Crippen molar-refractivity contribution < 1.29 is 30.8 Å². The molecule has 3 rings (SSSR count). The number of halogens is 4. The van der Waals surface area contributed by atoms with Crippen LogP contribution in [0.1, 0.15) is 17.5 Å². The number of carbonyl (C=O) groups is 1. The number of alkyl halides is 3. The third kappa shape index (κ3) is 4.35. The van der Waals surface area contributed by atoms with E-state index in [-0.39, 0.29) is 36.7 Å². The van der Waals surface area contributed by atoms with E-state index < -0.39 is 32.6 Å². The summed E-state index contributed by atoms with van der Waals surface area (Å²) in [5, 5.41) is -0.743. The minimum atomic E-state index is -4.41. The lowest BCUT2D eigenvalue weighted by molar-refractivity contribution is -0.137. The third-order valence-corrected chi connectivity index (χ3v) is 6.80. The van der Waals surface area contributed by atoms with Crippen LogP contribution in [-0.4, -0.2) is 37.6 Å². The molecule has 150 valence electrons. The molecule has 1 saturated heterocycles. The summed E-state index contributed by atoms with van der Waals surface area (Å²) in [6.07, 6.45) is -4.06. The average molecular weight is 415 g/mol. The fourth-order valence-electron chi connectivity index (χ4n) is 2.92. The van der Waals surface area contributed by atoms with Crippen molar-refractivity contribution in [2.45, 2.75) is 29.2 Å². The van der Waals surface area contributed by atoms with Crippen LogP contribution >= 0.6 is 0 Å². The monoisotopic (exact) mass is 415 g/mol. The van der Waals surface area contributed by atoms with Gasteiger partial charge in [0.1, 0.15) is 11.1 Å². The lowest BCUT2D eigenvalue weighted by Gasteiger charge is -2.38. The van der Waals surface area contributed by atoms with Crippen molar-refractivity contribution in [3.63, 3.8) is 0 Å². The van der Waals surface area contributed by atoms with Crippen LogP contribution in [0.2, 0.25) is 0 Å². The molecule has 4 nitrogen and oxygen atoms in total. The molecule has 1 amide bonds. The Bertz CT molecular complexity index is 948. The van der Waals surface area contributed by atoms with E-state index in [4.69, 9.17) is 0 Å². The Morgan fingerprint density at radius 1 is 1.00 bits per heavy atom. The van der Waals surface area contributed by atoms with E-state index in [2.05, 4.69) is 0 Å². The molecule has 0 saturated carbocycles.